The summed E-state index contributed by atoms with van der Waals surface area (Å²) < 4.78 is 5.54. The first-order valence-corrected chi connectivity index (χ1v) is 11.2. The summed E-state index contributed by atoms with van der Waals surface area (Å²) in [5.74, 6) is -0.235. The molecule has 0 bridgehead atoms. The fraction of sp³-hybridized carbons (Fsp3) is 0.440. The molecule has 2 aliphatic rings. The van der Waals surface area contributed by atoms with Gasteiger partial charge in [0.15, 0.2) is 0 Å². The number of hydrogen-bond donors (Lipinski definition) is 2. The van der Waals surface area contributed by atoms with Crippen molar-refractivity contribution in [1.29, 1.82) is 0 Å². The summed E-state index contributed by atoms with van der Waals surface area (Å²) >= 11 is 0. The monoisotopic (exact) mass is 421 g/mol. The lowest BCUT2D eigenvalue weighted by Gasteiger charge is -2.48. The second-order valence-corrected chi connectivity index (χ2v) is 8.46. The number of anilines is 1. The molecule has 6 nitrogen and oxygen atoms in total. The van der Waals surface area contributed by atoms with Crippen LogP contribution < -0.4 is 10.6 Å². The molecule has 0 atom stereocenters. The van der Waals surface area contributed by atoms with Gasteiger partial charge in [-0.15, -0.1) is 0 Å². The van der Waals surface area contributed by atoms with Crippen LogP contribution in [0.15, 0.2) is 54.6 Å². The minimum Gasteiger partial charge on any atom is -0.379 e. The van der Waals surface area contributed by atoms with E-state index in [1.54, 1.807) is 36.4 Å². The molecule has 2 aromatic carbocycles. The maximum absolute atomic E-state index is 12.8. The first-order valence-electron chi connectivity index (χ1n) is 11.2. The highest BCUT2D eigenvalue weighted by Gasteiger charge is 2.38. The predicted octanol–water partition coefficient (Wildman–Crippen LogP) is 3.70. The van der Waals surface area contributed by atoms with Crippen molar-refractivity contribution in [2.24, 2.45) is 0 Å². The van der Waals surface area contributed by atoms with Crippen LogP contribution in [-0.4, -0.2) is 55.1 Å². The van der Waals surface area contributed by atoms with E-state index in [0.717, 1.165) is 39.1 Å². The lowest BCUT2D eigenvalue weighted by Crippen LogP contribution is -2.59. The smallest absolute Gasteiger partial charge is 0.255 e. The minimum atomic E-state index is -0.164. The number of amides is 2. The summed E-state index contributed by atoms with van der Waals surface area (Å²) in [5.41, 5.74) is 1.92. The average Bonchev–Trinajstić information content (AvgIpc) is 2.85. The third kappa shape index (κ3) is 5.32. The van der Waals surface area contributed by atoms with Crippen LogP contribution in [0.25, 0.3) is 0 Å². The average molecular weight is 422 g/mol. The van der Waals surface area contributed by atoms with Crippen molar-refractivity contribution in [2.45, 2.75) is 37.6 Å². The van der Waals surface area contributed by atoms with Gasteiger partial charge >= 0.3 is 0 Å². The predicted molar refractivity (Wildman–Crippen MR) is 121 cm³/mol. The Labute approximate surface area is 184 Å². The third-order valence-electron chi connectivity index (χ3n) is 6.49. The van der Waals surface area contributed by atoms with Gasteiger partial charge in [-0.25, -0.2) is 0 Å². The van der Waals surface area contributed by atoms with Gasteiger partial charge in [0.25, 0.3) is 11.8 Å². The zero-order valence-corrected chi connectivity index (χ0v) is 17.9. The van der Waals surface area contributed by atoms with Gasteiger partial charge in [0, 0.05) is 42.0 Å². The molecule has 1 aliphatic carbocycles. The van der Waals surface area contributed by atoms with E-state index in [4.69, 9.17) is 4.74 Å². The highest BCUT2D eigenvalue weighted by Crippen LogP contribution is 2.34. The van der Waals surface area contributed by atoms with Gasteiger partial charge in [0.1, 0.15) is 0 Å². The van der Waals surface area contributed by atoms with Crippen molar-refractivity contribution in [3.63, 3.8) is 0 Å². The minimum absolute atomic E-state index is 0.0429. The largest absolute Gasteiger partial charge is 0.379 e. The molecule has 2 N–H and O–H groups in total. The Bertz CT molecular complexity index is 871. The van der Waals surface area contributed by atoms with E-state index < -0.39 is 0 Å². The van der Waals surface area contributed by atoms with E-state index in [-0.39, 0.29) is 17.4 Å². The zero-order valence-electron chi connectivity index (χ0n) is 17.9. The number of carbonyl (C=O) groups excluding carboxylic acids is 2. The van der Waals surface area contributed by atoms with Crippen molar-refractivity contribution in [3.8, 4) is 0 Å². The molecule has 0 spiro atoms. The summed E-state index contributed by atoms with van der Waals surface area (Å²) in [5, 5.41) is 6.05. The number of ether oxygens (including phenoxy) is 1. The quantitative estimate of drug-likeness (QED) is 0.746. The van der Waals surface area contributed by atoms with Gasteiger partial charge in [0.2, 0.25) is 0 Å². The van der Waals surface area contributed by atoms with E-state index in [0.29, 0.717) is 23.4 Å². The lowest BCUT2D eigenvalue weighted by molar-refractivity contribution is -0.0361. The molecule has 1 saturated heterocycles. The maximum Gasteiger partial charge on any atom is 0.255 e. The molecular formula is C25H31N3O3. The van der Waals surface area contributed by atoms with Crippen LogP contribution in [0.5, 0.6) is 0 Å². The number of benzene rings is 2. The molecule has 1 aliphatic heterocycles. The number of nitrogens with zero attached hydrogens (tertiary/aromatic N) is 1. The number of hydrogen-bond acceptors (Lipinski definition) is 4. The Hall–Kier alpha value is -2.70. The van der Waals surface area contributed by atoms with E-state index in [1.165, 1.54) is 19.3 Å². The molecule has 2 aromatic rings. The fourth-order valence-electron chi connectivity index (χ4n) is 4.70. The Balaban J connectivity index is 1.36. The van der Waals surface area contributed by atoms with Gasteiger partial charge < -0.3 is 15.4 Å². The van der Waals surface area contributed by atoms with E-state index in [1.807, 2.05) is 18.2 Å². The summed E-state index contributed by atoms with van der Waals surface area (Å²) in [6.45, 7) is 4.08. The van der Waals surface area contributed by atoms with Crippen molar-refractivity contribution in [1.82, 2.24) is 10.2 Å². The highest BCUT2D eigenvalue weighted by atomic mass is 16.5. The van der Waals surface area contributed by atoms with Crippen LogP contribution in [0.3, 0.4) is 0 Å². The summed E-state index contributed by atoms with van der Waals surface area (Å²) in [7, 11) is 0. The number of rotatable bonds is 6. The maximum atomic E-state index is 12.8. The molecule has 2 amide bonds. The Morgan fingerprint density at radius 2 is 1.48 bits per heavy atom. The first-order chi connectivity index (χ1) is 15.2. The van der Waals surface area contributed by atoms with Crippen LogP contribution in [0, 0.1) is 0 Å². The van der Waals surface area contributed by atoms with Gasteiger partial charge in [-0.2, -0.15) is 0 Å². The zero-order chi connectivity index (χ0) is 21.5. The molecule has 0 radical (unpaired) electrons. The molecule has 0 unspecified atom stereocenters. The summed E-state index contributed by atoms with van der Waals surface area (Å²) in [6, 6.07) is 16.1. The molecular weight excluding hydrogens is 390 g/mol. The molecule has 1 saturated carbocycles. The van der Waals surface area contributed by atoms with Crippen LogP contribution in [0.1, 0.15) is 52.8 Å². The Morgan fingerprint density at radius 1 is 0.839 bits per heavy atom. The normalized spacial score (nSPS) is 18.8. The standard InChI is InChI=1S/C25H31N3O3/c29-23(26-19-25(13-5-2-6-14-25)28-15-17-31-18-16-28)21-9-11-22(12-10-21)27-24(30)20-7-3-1-4-8-20/h1,3-4,7-12H,2,5-6,13-19H2,(H,26,29)(H,27,30). The lowest BCUT2D eigenvalue weighted by atomic mass is 9.79. The van der Waals surface area contributed by atoms with Crippen molar-refractivity contribution < 1.29 is 14.3 Å². The number of carbonyl (C=O) groups is 2. The number of morpholine rings is 1. The van der Waals surface area contributed by atoms with E-state index >= 15 is 0 Å². The molecule has 1 heterocycles. The molecule has 0 aromatic heterocycles. The van der Waals surface area contributed by atoms with Gasteiger partial charge in [-0.3, -0.25) is 14.5 Å². The molecule has 6 heteroatoms. The second kappa shape index (κ2) is 10.1. The van der Waals surface area contributed by atoms with Crippen LogP contribution in [0.2, 0.25) is 0 Å². The molecule has 31 heavy (non-hydrogen) atoms. The molecule has 164 valence electrons. The third-order valence-corrected chi connectivity index (χ3v) is 6.49. The second-order valence-electron chi connectivity index (χ2n) is 8.46. The number of nitrogens with one attached hydrogen (secondary N) is 2. The molecule has 2 fully saturated rings. The Morgan fingerprint density at radius 3 is 2.16 bits per heavy atom. The summed E-state index contributed by atoms with van der Waals surface area (Å²) in [4.78, 5) is 27.6. The highest BCUT2D eigenvalue weighted by molar-refractivity contribution is 6.04. The summed E-state index contributed by atoms with van der Waals surface area (Å²) in [6.07, 6.45) is 5.94. The van der Waals surface area contributed by atoms with Crippen LogP contribution in [0.4, 0.5) is 5.69 Å². The Kier molecular flexibility index (Phi) is 6.99. The van der Waals surface area contributed by atoms with Gasteiger partial charge in [-0.05, 0) is 49.2 Å². The molecule has 4 rings (SSSR count). The van der Waals surface area contributed by atoms with Gasteiger partial charge in [-0.1, -0.05) is 37.5 Å². The van der Waals surface area contributed by atoms with E-state index in [9.17, 15) is 9.59 Å². The van der Waals surface area contributed by atoms with Crippen molar-refractivity contribution in [3.05, 3.63) is 65.7 Å². The first kappa shape index (κ1) is 21.5. The van der Waals surface area contributed by atoms with Crippen LogP contribution in [-0.2, 0) is 4.74 Å². The fourth-order valence-corrected chi connectivity index (χ4v) is 4.70. The van der Waals surface area contributed by atoms with Crippen LogP contribution >= 0.6 is 0 Å². The van der Waals surface area contributed by atoms with Gasteiger partial charge in [0.05, 0.1) is 13.2 Å². The van der Waals surface area contributed by atoms with Crippen molar-refractivity contribution >= 4 is 17.5 Å². The SMILES string of the molecule is O=C(NCC1(N2CCOCC2)CCCCC1)c1ccc(NC(=O)c2ccccc2)cc1. The van der Waals surface area contributed by atoms with E-state index in [2.05, 4.69) is 15.5 Å². The van der Waals surface area contributed by atoms with Crippen molar-refractivity contribution in [2.75, 3.05) is 38.2 Å². The topological polar surface area (TPSA) is 70.7 Å².